The van der Waals surface area contributed by atoms with E-state index in [0.29, 0.717) is 12.8 Å². The maximum atomic E-state index is 12.1. The average molecular weight is 282 g/mol. The second-order valence-corrected chi connectivity index (χ2v) is 5.79. The van der Waals surface area contributed by atoms with Gasteiger partial charge in [0.15, 0.2) is 5.78 Å². The van der Waals surface area contributed by atoms with Crippen molar-refractivity contribution < 1.29 is 9.59 Å². The summed E-state index contributed by atoms with van der Waals surface area (Å²) in [5.41, 5.74) is 1.68. The highest BCUT2D eigenvalue weighted by Crippen LogP contribution is 2.38. The summed E-state index contributed by atoms with van der Waals surface area (Å²) >= 11 is 0. The third-order valence-electron chi connectivity index (χ3n) is 4.34. The molecule has 2 heteroatoms. The number of benzene rings is 1. The predicted molar refractivity (Wildman–Crippen MR) is 85.0 cm³/mol. The summed E-state index contributed by atoms with van der Waals surface area (Å²) in [7, 11) is 0. The first-order valence-corrected chi connectivity index (χ1v) is 7.46. The summed E-state index contributed by atoms with van der Waals surface area (Å²) in [5, 5.41) is 0. The maximum absolute atomic E-state index is 12.1. The van der Waals surface area contributed by atoms with E-state index < -0.39 is 5.41 Å². The Balaban J connectivity index is 2.10. The molecule has 0 bridgehead atoms. The van der Waals surface area contributed by atoms with Crippen LogP contribution < -0.4 is 0 Å². The van der Waals surface area contributed by atoms with Crippen molar-refractivity contribution in [3.8, 4) is 0 Å². The number of allylic oxidation sites excluding steroid dienone is 4. The Morgan fingerprint density at radius 3 is 2.43 bits per heavy atom. The Morgan fingerprint density at radius 2 is 1.90 bits per heavy atom. The highest BCUT2D eigenvalue weighted by atomic mass is 16.1. The fraction of sp³-hybridized carbons (Fsp3) is 0.368. The molecule has 0 aromatic heterocycles. The van der Waals surface area contributed by atoms with E-state index in [1.165, 1.54) is 5.56 Å². The van der Waals surface area contributed by atoms with Crippen molar-refractivity contribution in [1.82, 2.24) is 0 Å². The Labute approximate surface area is 126 Å². The summed E-state index contributed by atoms with van der Waals surface area (Å²) in [6.45, 7) is 3.25. The molecule has 0 fully saturated rings. The van der Waals surface area contributed by atoms with Gasteiger partial charge in [-0.05, 0) is 50.7 Å². The molecule has 1 aliphatic rings. The summed E-state index contributed by atoms with van der Waals surface area (Å²) < 4.78 is 0. The number of carbonyl (C=O) groups is 2. The number of hydrogen-bond donors (Lipinski definition) is 0. The molecule has 0 saturated heterocycles. The third-order valence-corrected chi connectivity index (χ3v) is 4.34. The minimum absolute atomic E-state index is 0.125. The van der Waals surface area contributed by atoms with Crippen LogP contribution in [0.5, 0.6) is 0 Å². The molecular formula is C19H22O2. The predicted octanol–water partition coefficient (Wildman–Crippen LogP) is 4.06. The topological polar surface area (TPSA) is 34.1 Å². The van der Waals surface area contributed by atoms with Gasteiger partial charge >= 0.3 is 0 Å². The number of carbonyl (C=O) groups excluding carboxylic acids is 2. The molecule has 0 unspecified atom stereocenters. The Kier molecular flexibility index (Phi) is 4.89. The molecule has 0 saturated carbocycles. The van der Waals surface area contributed by atoms with E-state index in [0.717, 1.165) is 18.4 Å². The van der Waals surface area contributed by atoms with Crippen molar-refractivity contribution in [2.75, 3.05) is 0 Å². The van der Waals surface area contributed by atoms with Crippen LogP contribution in [0.3, 0.4) is 0 Å². The van der Waals surface area contributed by atoms with Crippen LogP contribution in [0.4, 0.5) is 0 Å². The van der Waals surface area contributed by atoms with E-state index in [-0.39, 0.29) is 11.6 Å². The van der Waals surface area contributed by atoms with E-state index in [1.807, 2.05) is 24.3 Å². The summed E-state index contributed by atoms with van der Waals surface area (Å²) in [6, 6.07) is 10.2. The molecule has 2 nitrogen and oxygen atoms in total. The zero-order valence-corrected chi connectivity index (χ0v) is 12.8. The lowest BCUT2D eigenvalue weighted by Crippen LogP contribution is -2.29. The van der Waals surface area contributed by atoms with Gasteiger partial charge in [-0.1, -0.05) is 48.6 Å². The lowest BCUT2D eigenvalue weighted by molar-refractivity contribution is -0.125. The van der Waals surface area contributed by atoms with E-state index in [1.54, 1.807) is 13.8 Å². The lowest BCUT2D eigenvalue weighted by atomic mass is 9.71. The quantitative estimate of drug-likeness (QED) is 0.763. The first kappa shape index (κ1) is 15.4. The van der Waals surface area contributed by atoms with Crippen molar-refractivity contribution in [3.05, 3.63) is 59.7 Å². The van der Waals surface area contributed by atoms with Crippen molar-refractivity contribution in [1.29, 1.82) is 0 Å². The molecular weight excluding hydrogens is 260 g/mol. The van der Waals surface area contributed by atoms with Gasteiger partial charge in [-0.2, -0.15) is 0 Å². The first-order valence-electron chi connectivity index (χ1n) is 7.46. The number of Topliss-reactive ketones (excluding diaryl/α,β-unsaturated/α-hetero) is 2. The molecule has 0 spiro atoms. The van der Waals surface area contributed by atoms with E-state index in [2.05, 4.69) is 24.3 Å². The Bertz CT molecular complexity index is 581. The van der Waals surface area contributed by atoms with Gasteiger partial charge < -0.3 is 0 Å². The van der Waals surface area contributed by atoms with Crippen molar-refractivity contribution >= 4 is 11.6 Å². The summed E-state index contributed by atoms with van der Waals surface area (Å²) in [5.74, 6) is 0.311. The zero-order chi connectivity index (χ0) is 15.3. The number of rotatable bonds is 5. The second-order valence-electron chi connectivity index (χ2n) is 5.79. The standard InChI is InChI=1S/C19H22O2/c1-15(20)18-10-13-19(14-11-18,16(2)21)12-6-9-17-7-4-3-5-8-17/h3-8,10,12H,9,11,13-14H2,1-2H3/b12-6+/t19-/m1/s1. The lowest BCUT2D eigenvalue weighted by Gasteiger charge is -2.31. The van der Waals surface area contributed by atoms with Crippen LogP contribution in [-0.4, -0.2) is 11.6 Å². The summed E-state index contributed by atoms with van der Waals surface area (Å²) in [6.07, 6.45) is 8.99. The molecule has 0 radical (unpaired) electrons. The number of hydrogen-bond acceptors (Lipinski definition) is 2. The van der Waals surface area contributed by atoms with Gasteiger partial charge in [0.25, 0.3) is 0 Å². The SMILES string of the molecule is CC(=O)C1=CC[C@@](/C=C/Cc2ccccc2)(C(C)=O)CC1. The van der Waals surface area contributed by atoms with Crippen LogP contribution in [0.25, 0.3) is 0 Å². The first-order chi connectivity index (χ1) is 10.0. The molecule has 1 atom stereocenters. The molecule has 1 aliphatic carbocycles. The smallest absolute Gasteiger partial charge is 0.155 e. The van der Waals surface area contributed by atoms with Crippen LogP contribution in [0, 0.1) is 5.41 Å². The van der Waals surface area contributed by atoms with E-state index in [4.69, 9.17) is 0 Å². The fourth-order valence-corrected chi connectivity index (χ4v) is 2.81. The van der Waals surface area contributed by atoms with Gasteiger partial charge in [0.1, 0.15) is 5.78 Å². The largest absolute Gasteiger partial charge is 0.299 e. The maximum Gasteiger partial charge on any atom is 0.155 e. The van der Waals surface area contributed by atoms with Crippen LogP contribution in [-0.2, 0) is 16.0 Å². The molecule has 0 aliphatic heterocycles. The monoisotopic (exact) mass is 282 g/mol. The molecule has 21 heavy (non-hydrogen) atoms. The van der Waals surface area contributed by atoms with Gasteiger partial charge in [-0.25, -0.2) is 0 Å². The minimum Gasteiger partial charge on any atom is -0.299 e. The highest BCUT2D eigenvalue weighted by molar-refractivity contribution is 5.94. The molecule has 1 aromatic carbocycles. The third kappa shape index (κ3) is 3.78. The Hall–Kier alpha value is -1.96. The second kappa shape index (κ2) is 6.66. The molecule has 0 amide bonds. The van der Waals surface area contributed by atoms with Gasteiger partial charge in [-0.3, -0.25) is 9.59 Å². The molecule has 0 N–H and O–H groups in total. The molecule has 1 aromatic rings. The van der Waals surface area contributed by atoms with Gasteiger partial charge in [0.05, 0.1) is 5.41 Å². The van der Waals surface area contributed by atoms with Crippen molar-refractivity contribution in [3.63, 3.8) is 0 Å². The van der Waals surface area contributed by atoms with Crippen molar-refractivity contribution in [2.24, 2.45) is 5.41 Å². The average Bonchev–Trinajstić information content (AvgIpc) is 2.48. The zero-order valence-electron chi connectivity index (χ0n) is 12.8. The minimum atomic E-state index is -0.423. The molecule has 2 rings (SSSR count). The van der Waals surface area contributed by atoms with Crippen LogP contribution in [0.15, 0.2) is 54.1 Å². The Morgan fingerprint density at radius 1 is 1.19 bits per heavy atom. The van der Waals surface area contributed by atoms with E-state index >= 15 is 0 Å². The van der Waals surface area contributed by atoms with Gasteiger partial charge in [0.2, 0.25) is 0 Å². The van der Waals surface area contributed by atoms with Crippen LogP contribution in [0.2, 0.25) is 0 Å². The fourth-order valence-electron chi connectivity index (χ4n) is 2.81. The van der Waals surface area contributed by atoms with Gasteiger partial charge in [-0.15, -0.1) is 0 Å². The van der Waals surface area contributed by atoms with Crippen LogP contribution in [0.1, 0.15) is 38.7 Å². The molecule has 110 valence electrons. The normalized spacial score (nSPS) is 22.1. The van der Waals surface area contributed by atoms with Gasteiger partial charge in [0, 0.05) is 0 Å². The molecule has 0 heterocycles. The highest BCUT2D eigenvalue weighted by Gasteiger charge is 2.34. The van der Waals surface area contributed by atoms with Crippen molar-refractivity contribution in [2.45, 2.75) is 39.5 Å². The summed E-state index contributed by atoms with van der Waals surface area (Å²) in [4.78, 5) is 23.5. The number of ketones is 2. The van der Waals surface area contributed by atoms with E-state index in [9.17, 15) is 9.59 Å². The van der Waals surface area contributed by atoms with Crippen LogP contribution >= 0.6 is 0 Å².